The Kier molecular flexibility index (Phi) is 5.83. The predicted molar refractivity (Wildman–Crippen MR) is 111 cm³/mol. The van der Waals surface area contributed by atoms with Crippen LogP contribution in [0.15, 0.2) is 48.7 Å². The number of rotatable bonds is 5. The third-order valence-electron chi connectivity index (χ3n) is 6.26. The molecule has 2 aromatic rings. The van der Waals surface area contributed by atoms with Gasteiger partial charge in [-0.25, -0.2) is 4.39 Å². The Hall–Kier alpha value is -2.74. The van der Waals surface area contributed by atoms with Crippen molar-refractivity contribution < 1.29 is 27.5 Å². The lowest BCUT2D eigenvalue weighted by Gasteiger charge is -2.34. The molecule has 4 nitrogen and oxygen atoms in total. The zero-order valence-electron chi connectivity index (χ0n) is 17.6. The van der Waals surface area contributed by atoms with Gasteiger partial charge in [-0.3, -0.25) is 9.78 Å². The fourth-order valence-corrected chi connectivity index (χ4v) is 4.14. The first-order valence-electron chi connectivity index (χ1n) is 10.6. The smallest absolute Gasteiger partial charge is 0.376 e. The molecule has 8 heteroatoms. The summed E-state index contributed by atoms with van der Waals surface area (Å²) in [6, 6.07) is 7.91. The van der Waals surface area contributed by atoms with E-state index in [2.05, 4.69) is 4.98 Å². The minimum Gasteiger partial charge on any atom is -0.376 e. The molecule has 2 atom stereocenters. The monoisotopic (exact) mass is 448 g/mol. The topological polar surface area (TPSA) is 53.4 Å². The van der Waals surface area contributed by atoms with E-state index in [4.69, 9.17) is 0 Å². The van der Waals surface area contributed by atoms with Crippen molar-refractivity contribution in [2.45, 2.75) is 62.9 Å². The molecule has 1 saturated carbocycles. The van der Waals surface area contributed by atoms with Crippen LogP contribution >= 0.6 is 0 Å². The van der Waals surface area contributed by atoms with Crippen LogP contribution in [0.1, 0.15) is 60.6 Å². The summed E-state index contributed by atoms with van der Waals surface area (Å²) in [6.07, 6.45) is 2.22. The van der Waals surface area contributed by atoms with Crippen LogP contribution < -0.4 is 0 Å². The van der Waals surface area contributed by atoms with Gasteiger partial charge in [-0.05, 0) is 74.4 Å². The number of carbonyl (C=O) groups is 1. The molecule has 0 saturated heterocycles. The molecular weight excluding hydrogens is 424 g/mol. The molecule has 1 aromatic heterocycles. The SMILES string of the molecule is C[C@](O)(c1ccc(C(=O)N(C2CC2)[C@H]2CC=C(c3ncccc3F)CC2)cc1)C(F)(F)F. The quantitative estimate of drug-likeness (QED) is 0.638. The average Bonchev–Trinajstić information content (AvgIpc) is 3.59. The number of allylic oxidation sites excluding steroid dienone is 1. The lowest BCUT2D eigenvalue weighted by Crippen LogP contribution is -2.43. The van der Waals surface area contributed by atoms with E-state index in [1.54, 1.807) is 6.20 Å². The highest BCUT2D eigenvalue weighted by atomic mass is 19.4. The summed E-state index contributed by atoms with van der Waals surface area (Å²) in [4.78, 5) is 19.2. The summed E-state index contributed by atoms with van der Waals surface area (Å²) in [5.74, 6) is -0.612. The molecule has 0 aliphatic heterocycles. The van der Waals surface area contributed by atoms with Gasteiger partial charge in [0.15, 0.2) is 5.60 Å². The molecule has 1 fully saturated rings. The van der Waals surface area contributed by atoms with Crippen LogP contribution in [0.25, 0.3) is 5.57 Å². The maximum absolute atomic E-state index is 14.1. The van der Waals surface area contributed by atoms with Gasteiger partial charge in [0.05, 0.1) is 0 Å². The highest BCUT2D eigenvalue weighted by Crippen LogP contribution is 2.39. The van der Waals surface area contributed by atoms with Crippen molar-refractivity contribution in [3.63, 3.8) is 0 Å². The predicted octanol–water partition coefficient (Wildman–Crippen LogP) is 5.23. The molecule has 4 rings (SSSR count). The number of amides is 1. The van der Waals surface area contributed by atoms with Gasteiger partial charge in [0, 0.05) is 23.8 Å². The zero-order chi connectivity index (χ0) is 23.1. The van der Waals surface area contributed by atoms with E-state index in [9.17, 15) is 27.5 Å². The fraction of sp³-hybridized carbons (Fsp3) is 0.417. The average molecular weight is 448 g/mol. The number of hydrogen-bond acceptors (Lipinski definition) is 3. The maximum Gasteiger partial charge on any atom is 0.421 e. The maximum atomic E-state index is 14.1. The molecule has 0 spiro atoms. The van der Waals surface area contributed by atoms with Crippen LogP contribution in [0.4, 0.5) is 17.6 Å². The number of alkyl halides is 3. The highest BCUT2D eigenvalue weighted by Gasteiger charge is 2.51. The van der Waals surface area contributed by atoms with E-state index >= 15 is 0 Å². The number of hydrogen-bond donors (Lipinski definition) is 1. The van der Waals surface area contributed by atoms with Crippen LogP contribution in [0, 0.1) is 5.82 Å². The van der Waals surface area contributed by atoms with E-state index in [1.807, 2.05) is 11.0 Å². The summed E-state index contributed by atoms with van der Waals surface area (Å²) in [5, 5.41) is 9.84. The molecule has 32 heavy (non-hydrogen) atoms. The second-order valence-corrected chi connectivity index (χ2v) is 8.58. The van der Waals surface area contributed by atoms with Crippen LogP contribution in [0.2, 0.25) is 0 Å². The van der Waals surface area contributed by atoms with Crippen LogP contribution in [0.3, 0.4) is 0 Å². The van der Waals surface area contributed by atoms with Gasteiger partial charge in [0.1, 0.15) is 11.5 Å². The van der Waals surface area contributed by atoms with Gasteiger partial charge in [0.2, 0.25) is 0 Å². The van der Waals surface area contributed by atoms with Gasteiger partial charge in [0.25, 0.3) is 5.91 Å². The first-order valence-corrected chi connectivity index (χ1v) is 10.6. The molecule has 170 valence electrons. The van der Waals surface area contributed by atoms with Crippen molar-refractivity contribution >= 4 is 11.5 Å². The van der Waals surface area contributed by atoms with Crippen LogP contribution in [-0.2, 0) is 5.60 Å². The minimum absolute atomic E-state index is 0.0662. The first-order chi connectivity index (χ1) is 15.1. The van der Waals surface area contributed by atoms with Crippen molar-refractivity contribution in [3.8, 4) is 0 Å². The normalized spacial score (nSPS) is 20.9. The van der Waals surface area contributed by atoms with E-state index < -0.39 is 11.8 Å². The number of halogens is 4. The van der Waals surface area contributed by atoms with Gasteiger partial charge >= 0.3 is 6.18 Å². The minimum atomic E-state index is -4.82. The molecule has 1 aromatic carbocycles. The fourth-order valence-electron chi connectivity index (χ4n) is 4.14. The molecular formula is C24H24F4N2O2. The van der Waals surface area contributed by atoms with E-state index in [-0.39, 0.29) is 34.9 Å². The summed E-state index contributed by atoms with van der Waals surface area (Å²) in [7, 11) is 0. The van der Waals surface area contributed by atoms with Crippen LogP contribution in [0.5, 0.6) is 0 Å². The number of benzene rings is 1. The summed E-state index contributed by atoms with van der Waals surface area (Å²) >= 11 is 0. The van der Waals surface area contributed by atoms with E-state index in [0.29, 0.717) is 31.9 Å². The summed E-state index contributed by atoms with van der Waals surface area (Å²) in [6.45, 7) is 0.691. The van der Waals surface area contributed by atoms with E-state index in [0.717, 1.165) is 30.5 Å². The number of carbonyl (C=O) groups excluding carboxylic acids is 1. The second-order valence-electron chi connectivity index (χ2n) is 8.58. The Balaban J connectivity index is 1.52. The zero-order valence-corrected chi connectivity index (χ0v) is 17.6. The standard InChI is InChI=1S/C24H24F4N2O2/c1-23(32,24(26,27)28)17-8-4-16(5-9-17)22(31)30(19-12-13-19)18-10-6-15(7-11-18)21-20(25)3-2-14-29-21/h2-6,8-9,14,18-19,32H,7,10-13H2,1H3/t18-,23-/m0/s1. The van der Waals surface area contributed by atoms with Crippen molar-refractivity contribution in [1.82, 2.24) is 9.88 Å². The molecule has 2 aliphatic carbocycles. The second kappa shape index (κ2) is 8.31. The number of aromatic nitrogens is 1. The van der Waals surface area contributed by atoms with Crippen molar-refractivity contribution in [2.24, 2.45) is 0 Å². The Labute approximate surface area is 183 Å². The van der Waals surface area contributed by atoms with Gasteiger partial charge in [-0.2, -0.15) is 13.2 Å². The van der Waals surface area contributed by atoms with Crippen LogP contribution in [-0.4, -0.2) is 39.2 Å². The Morgan fingerprint density at radius 2 is 1.78 bits per heavy atom. The van der Waals surface area contributed by atoms with Crippen molar-refractivity contribution in [1.29, 1.82) is 0 Å². The summed E-state index contributed by atoms with van der Waals surface area (Å²) in [5.41, 5.74) is -1.87. The first kappa shape index (κ1) is 22.5. The number of nitrogens with zero attached hydrogens (tertiary/aromatic N) is 2. The third-order valence-corrected chi connectivity index (χ3v) is 6.26. The molecule has 2 aliphatic rings. The largest absolute Gasteiger partial charge is 0.421 e. The lowest BCUT2D eigenvalue weighted by molar-refractivity contribution is -0.258. The molecule has 0 unspecified atom stereocenters. The molecule has 0 radical (unpaired) electrons. The Morgan fingerprint density at radius 3 is 2.31 bits per heavy atom. The molecule has 1 amide bonds. The molecule has 0 bridgehead atoms. The highest BCUT2D eigenvalue weighted by molar-refractivity contribution is 5.95. The van der Waals surface area contributed by atoms with Gasteiger partial charge in [-0.15, -0.1) is 0 Å². The number of pyridine rings is 1. The molecule has 1 N–H and O–H groups in total. The van der Waals surface area contributed by atoms with E-state index in [1.165, 1.54) is 24.3 Å². The summed E-state index contributed by atoms with van der Waals surface area (Å²) < 4.78 is 53.3. The molecule has 1 heterocycles. The third kappa shape index (κ3) is 4.28. The van der Waals surface area contributed by atoms with Gasteiger partial charge in [-0.1, -0.05) is 18.2 Å². The Morgan fingerprint density at radius 1 is 1.09 bits per heavy atom. The van der Waals surface area contributed by atoms with Gasteiger partial charge < -0.3 is 10.0 Å². The Bertz CT molecular complexity index is 1030. The number of aliphatic hydroxyl groups is 1. The lowest BCUT2D eigenvalue weighted by atomic mass is 9.91. The van der Waals surface area contributed by atoms with Crippen molar-refractivity contribution in [3.05, 3.63) is 71.3 Å². The van der Waals surface area contributed by atoms with Crippen molar-refractivity contribution in [2.75, 3.05) is 0 Å².